The van der Waals surface area contributed by atoms with Gasteiger partial charge in [0.15, 0.2) is 6.61 Å². The lowest BCUT2D eigenvalue weighted by Crippen LogP contribution is -1.98. The van der Waals surface area contributed by atoms with Gasteiger partial charge in [0.05, 0.1) is 4.47 Å². The van der Waals surface area contributed by atoms with Gasteiger partial charge < -0.3 is 14.4 Å². The molecule has 6 nitrogen and oxygen atoms in total. The Morgan fingerprint density at radius 1 is 1.55 bits per heavy atom. The molecule has 0 saturated heterocycles. The Hall–Kier alpha value is -2.15. The Balaban J connectivity index is 2.04. The highest BCUT2D eigenvalue weighted by molar-refractivity contribution is 9.10. The monoisotopic (exact) mass is 338 g/mol. The first-order valence-electron chi connectivity index (χ1n) is 5.67. The fraction of sp³-hybridized carbons (Fsp3) is 0.154. The molecule has 2 rings (SSSR count). The Labute approximate surface area is 123 Å². The number of nitrogens with zero attached hydrogens (tertiary/aromatic N) is 2. The van der Waals surface area contributed by atoms with Crippen molar-refractivity contribution in [2.75, 3.05) is 0 Å². The molecule has 0 aliphatic rings. The van der Waals surface area contributed by atoms with E-state index < -0.39 is 5.97 Å². The zero-order valence-corrected chi connectivity index (χ0v) is 12.1. The molecule has 7 heteroatoms. The standard InChI is InChI=1S/C13H11BrN2O4/c1-8-15-12(16-20-8)7-19-11-4-2-9(6-10(11)14)3-5-13(17)18/h2-6H,7H2,1H3,(H,17,18). The predicted molar refractivity (Wildman–Crippen MR) is 74.2 cm³/mol. The van der Waals surface area contributed by atoms with E-state index in [9.17, 15) is 4.79 Å². The van der Waals surface area contributed by atoms with Crippen molar-refractivity contribution < 1.29 is 19.2 Å². The van der Waals surface area contributed by atoms with E-state index in [0.29, 0.717) is 21.9 Å². The van der Waals surface area contributed by atoms with Gasteiger partial charge in [-0.2, -0.15) is 4.98 Å². The lowest BCUT2D eigenvalue weighted by molar-refractivity contribution is -0.131. The summed E-state index contributed by atoms with van der Waals surface area (Å²) in [6.45, 7) is 1.90. The summed E-state index contributed by atoms with van der Waals surface area (Å²) in [7, 11) is 0. The fourth-order valence-corrected chi connectivity index (χ4v) is 1.96. The van der Waals surface area contributed by atoms with Gasteiger partial charge in [0.1, 0.15) is 5.75 Å². The van der Waals surface area contributed by atoms with Gasteiger partial charge in [-0.15, -0.1) is 0 Å². The average Bonchev–Trinajstić information content (AvgIpc) is 2.81. The molecular formula is C13H11BrN2O4. The Morgan fingerprint density at radius 2 is 2.35 bits per heavy atom. The van der Waals surface area contributed by atoms with Crippen LogP contribution >= 0.6 is 15.9 Å². The minimum Gasteiger partial charge on any atom is -0.484 e. The number of rotatable bonds is 5. The van der Waals surface area contributed by atoms with Crippen LogP contribution < -0.4 is 4.74 Å². The Kier molecular flexibility index (Phi) is 4.52. The molecule has 1 aromatic carbocycles. The molecule has 104 valence electrons. The number of aryl methyl sites for hydroxylation is 1. The van der Waals surface area contributed by atoms with E-state index >= 15 is 0 Å². The van der Waals surface area contributed by atoms with E-state index in [0.717, 1.165) is 11.6 Å². The predicted octanol–water partition coefficient (Wildman–Crippen LogP) is 2.82. The Bertz CT molecular complexity index is 652. The highest BCUT2D eigenvalue weighted by atomic mass is 79.9. The van der Waals surface area contributed by atoms with E-state index in [1.54, 1.807) is 25.1 Å². The van der Waals surface area contributed by atoms with Gasteiger partial charge in [-0.1, -0.05) is 11.2 Å². The van der Waals surface area contributed by atoms with Crippen molar-refractivity contribution in [2.24, 2.45) is 0 Å². The lowest BCUT2D eigenvalue weighted by atomic mass is 10.2. The van der Waals surface area contributed by atoms with Crippen molar-refractivity contribution in [3.8, 4) is 5.75 Å². The van der Waals surface area contributed by atoms with E-state index in [1.807, 2.05) is 0 Å². The number of halogens is 1. The van der Waals surface area contributed by atoms with E-state index in [-0.39, 0.29) is 6.61 Å². The molecule has 2 aromatic rings. The molecule has 0 fully saturated rings. The zero-order chi connectivity index (χ0) is 14.5. The molecule has 1 aromatic heterocycles. The van der Waals surface area contributed by atoms with Crippen LogP contribution in [-0.2, 0) is 11.4 Å². The topological polar surface area (TPSA) is 85.5 Å². The summed E-state index contributed by atoms with van der Waals surface area (Å²) in [5.41, 5.74) is 0.752. The summed E-state index contributed by atoms with van der Waals surface area (Å²) in [5, 5.41) is 12.3. The number of benzene rings is 1. The average molecular weight is 339 g/mol. The van der Waals surface area contributed by atoms with E-state index in [2.05, 4.69) is 26.1 Å². The second kappa shape index (κ2) is 6.33. The van der Waals surface area contributed by atoms with Gasteiger partial charge in [0.2, 0.25) is 11.7 Å². The SMILES string of the molecule is Cc1nc(COc2ccc(C=CC(=O)O)cc2Br)no1. The molecule has 1 heterocycles. The maximum atomic E-state index is 10.4. The van der Waals surface area contributed by atoms with Gasteiger partial charge in [-0.25, -0.2) is 4.79 Å². The Morgan fingerprint density at radius 3 is 2.95 bits per heavy atom. The number of aliphatic carboxylic acids is 1. The molecule has 0 unspecified atom stereocenters. The van der Waals surface area contributed by atoms with Crippen LogP contribution in [-0.4, -0.2) is 21.2 Å². The normalized spacial score (nSPS) is 10.9. The number of hydrogen-bond donors (Lipinski definition) is 1. The third kappa shape index (κ3) is 3.92. The van der Waals surface area contributed by atoms with Gasteiger partial charge in [-0.3, -0.25) is 0 Å². The smallest absolute Gasteiger partial charge is 0.328 e. The second-order valence-corrected chi connectivity index (χ2v) is 4.73. The van der Waals surface area contributed by atoms with E-state index in [1.165, 1.54) is 6.08 Å². The highest BCUT2D eigenvalue weighted by Crippen LogP contribution is 2.27. The van der Waals surface area contributed by atoms with Gasteiger partial charge in [-0.05, 0) is 39.7 Å². The van der Waals surface area contributed by atoms with Crippen LogP contribution in [0.15, 0.2) is 33.3 Å². The first-order chi connectivity index (χ1) is 9.54. The molecule has 0 spiro atoms. The second-order valence-electron chi connectivity index (χ2n) is 3.88. The van der Waals surface area contributed by atoms with Crippen LogP contribution in [0.25, 0.3) is 6.08 Å². The van der Waals surface area contributed by atoms with Crippen molar-refractivity contribution >= 4 is 28.0 Å². The molecule has 0 amide bonds. The van der Waals surface area contributed by atoms with Crippen molar-refractivity contribution in [3.05, 3.63) is 46.0 Å². The van der Waals surface area contributed by atoms with Crippen LogP contribution in [0.5, 0.6) is 5.75 Å². The largest absolute Gasteiger partial charge is 0.484 e. The van der Waals surface area contributed by atoms with Crippen LogP contribution in [0.2, 0.25) is 0 Å². The first kappa shape index (κ1) is 14.3. The third-order valence-electron chi connectivity index (χ3n) is 2.30. The van der Waals surface area contributed by atoms with Crippen molar-refractivity contribution in [3.63, 3.8) is 0 Å². The molecule has 0 saturated carbocycles. The van der Waals surface area contributed by atoms with Crippen LogP contribution in [0.1, 0.15) is 17.3 Å². The third-order valence-corrected chi connectivity index (χ3v) is 2.92. The van der Waals surface area contributed by atoms with Crippen LogP contribution in [0.3, 0.4) is 0 Å². The minimum atomic E-state index is -0.992. The summed E-state index contributed by atoms with van der Waals surface area (Å²) in [6.07, 6.45) is 2.57. The maximum Gasteiger partial charge on any atom is 0.328 e. The first-order valence-corrected chi connectivity index (χ1v) is 6.46. The minimum absolute atomic E-state index is 0.195. The molecule has 0 aliphatic carbocycles. The number of aromatic nitrogens is 2. The quantitative estimate of drug-likeness (QED) is 0.843. The number of ether oxygens (including phenoxy) is 1. The van der Waals surface area contributed by atoms with Crippen LogP contribution in [0, 0.1) is 6.92 Å². The van der Waals surface area contributed by atoms with Gasteiger partial charge in [0.25, 0.3) is 0 Å². The van der Waals surface area contributed by atoms with Gasteiger partial charge in [0, 0.05) is 13.0 Å². The van der Waals surface area contributed by atoms with E-state index in [4.69, 9.17) is 14.4 Å². The maximum absolute atomic E-state index is 10.4. The lowest BCUT2D eigenvalue weighted by Gasteiger charge is -2.06. The van der Waals surface area contributed by atoms with Crippen molar-refractivity contribution in [1.82, 2.24) is 10.1 Å². The number of carboxylic acids is 1. The zero-order valence-electron chi connectivity index (χ0n) is 10.5. The molecule has 0 radical (unpaired) electrons. The summed E-state index contributed by atoms with van der Waals surface area (Å²) < 4.78 is 11.1. The number of hydrogen-bond acceptors (Lipinski definition) is 5. The number of carbonyl (C=O) groups is 1. The fourth-order valence-electron chi connectivity index (χ4n) is 1.45. The molecule has 20 heavy (non-hydrogen) atoms. The van der Waals surface area contributed by atoms with Gasteiger partial charge >= 0.3 is 5.97 Å². The molecule has 0 bridgehead atoms. The summed E-state index contributed by atoms with van der Waals surface area (Å²) in [5.74, 6) is 0.565. The summed E-state index contributed by atoms with van der Waals surface area (Å²) >= 11 is 3.36. The summed E-state index contributed by atoms with van der Waals surface area (Å²) in [6, 6.07) is 5.25. The molecule has 1 N–H and O–H groups in total. The van der Waals surface area contributed by atoms with Crippen molar-refractivity contribution in [1.29, 1.82) is 0 Å². The van der Waals surface area contributed by atoms with Crippen molar-refractivity contribution in [2.45, 2.75) is 13.5 Å². The molecular weight excluding hydrogens is 328 g/mol. The summed E-state index contributed by atoms with van der Waals surface area (Å²) in [4.78, 5) is 14.5. The molecule has 0 aliphatic heterocycles. The highest BCUT2D eigenvalue weighted by Gasteiger charge is 2.06. The number of carboxylic acid groups (broad SMARTS) is 1. The molecule has 0 atom stereocenters. The van der Waals surface area contributed by atoms with Crippen LogP contribution in [0.4, 0.5) is 0 Å².